The van der Waals surface area contributed by atoms with Crippen LogP contribution in [-0.4, -0.2) is 10.1 Å². The summed E-state index contributed by atoms with van der Waals surface area (Å²) in [6.45, 7) is 3.51. The smallest absolute Gasteiger partial charge is 0.255 e. The second-order valence-electron chi connectivity index (χ2n) is 3.43. The quantitative estimate of drug-likeness (QED) is 0.664. The third-order valence-electron chi connectivity index (χ3n) is 2.45. The second-order valence-corrected chi connectivity index (χ2v) is 3.43. The zero-order valence-corrected chi connectivity index (χ0v) is 8.09. The predicted octanol–water partition coefficient (Wildman–Crippen LogP) is 1.85. The van der Waals surface area contributed by atoms with Crippen LogP contribution in [0.5, 0.6) is 5.75 Å². The van der Waals surface area contributed by atoms with Crippen LogP contribution in [0.2, 0.25) is 0 Å². The summed E-state index contributed by atoms with van der Waals surface area (Å²) in [5, 5.41) is 10.5. The summed E-state index contributed by atoms with van der Waals surface area (Å²) in [7, 11) is 0. The molecule has 2 rings (SSSR count). The molecule has 0 aliphatic carbocycles. The molecule has 0 bridgehead atoms. The van der Waals surface area contributed by atoms with E-state index >= 15 is 0 Å². The first-order valence-electron chi connectivity index (χ1n) is 4.42. The standard InChI is InChI=1S/C11H11NO2/c1-6-4-3-5-8-9(6)10(13)7(2)11(14)12-8/h3-5H,1-2H3,(H2,12,13,14). The van der Waals surface area contributed by atoms with E-state index in [0.717, 1.165) is 10.9 Å². The SMILES string of the molecule is Cc1c(O)c2c(C)cccc2[nH]c1=O. The van der Waals surface area contributed by atoms with Gasteiger partial charge in [0.25, 0.3) is 5.56 Å². The molecule has 0 aliphatic rings. The number of nitrogens with one attached hydrogen (secondary N) is 1. The summed E-state index contributed by atoms with van der Waals surface area (Å²) in [5.41, 5.74) is 1.77. The summed E-state index contributed by atoms with van der Waals surface area (Å²) in [6.07, 6.45) is 0. The van der Waals surface area contributed by atoms with Crippen molar-refractivity contribution in [1.82, 2.24) is 4.98 Å². The Hall–Kier alpha value is -1.77. The molecule has 0 unspecified atom stereocenters. The van der Waals surface area contributed by atoms with Gasteiger partial charge in [0.15, 0.2) is 0 Å². The van der Waals surface area contributed by atoms with Crippen molar-refractivity contribution in [3.05, 3.63) is 39.7 Å². The van der Waals surface area contributed by atoms with Crippen LogP contribution in [0.25, 0.3) is 10.9 Å². The van der Waals surface area contributed by atoms with E-state index in [9.17, 15) is 9.90 Å². The third-order valence-corrected chi connectivity index (χ3v) is 2.45. The molecule has 1 aromatic carbocycles. The summed E-state index contributed by atoms with van der Waals surface area (Å²) >= 11 is 0. The molecule has 0 aliphatic heterocycles. The molecule has 1 heterocycles. The molecular weight excluding hydrogens is 178 g/mol. The maximum absolute atomic E-state index is 11.3. The van der Waals surface area contributed by atoms with E-state index in [2.05, 4.69) is 4.98 Å². The summed E-state index contributed by atoms with van der Waals surface area (Å²) < 4.78 is 0. The van der Waals surface area contributed by atoms with Gasteiger partial charge in [0.05, 0.1) is 11.1 Å². The number of rotatable bonds is 0. The van der Waals surface area contributed by atoms with Crippen molar-refractivity contribution in [2.24, 2.45) is 0 Å². The van der Waals surface area contributed by atoms with E-state index in [4.69, 9.17) is 0 Å². The van der Waals surface area contributed by atoms with E-state index in [1.807, 2.05) is 19.1 Å². The van der Waals surface area contributed by atoms with Crippen LogP contribution >= 0.6 is 0 Å². The fourth-order valence-electron chi connectivity index (χ4n) is 1.60. The van der Waals surface area contributed by atoms with Gasteiger partial charge in [-0.25, -0.2) is 0 Å². The highest BCUT2D eigenvalue weighted by Crippen LogP contribution is 2.26. The summed E-state index contributed by atoms with van der Waals surface area (Å²) in [5.74, 6) is 0.0850. The molecule has 0 atom stereocenters. The minimum absolute atomic E-state index is 0.0850. The van der Waals surface area contributed by atoms with Crippen molar-refractivity contribution in [1.29, 1.82) is 0 Å². The van der Waals surface area contributed by atoms with Gasteiger partial charge < -0.3 is 10.1 Å². The van der Waals surface area contributed by atoms with Gasteiger partial charge in [0, 0.05) is 5.39 Å². The molecule has 0 radical (unpaired) electrons. The molecule has 0 amide bonds. The molecular formula is C11H11NO2. The fourth-order valence-corrected chi connectivity index (χ4v) is 1.60. The molecule has 2 N–H and O–H groups in total. The number of benzene rings is 1. The lowest BCUT2D eigenvalue weighted by Gasteiger charge is -2.05. The summed E-state index contributed by atoms with van der Waals surface area (Å²) in [6, 6.07) is 5.53. The zero-order chi connectivity index (χ0) is 10.3. The molecule has 3 nitrogen and oxygen atoms in total. The number of fused-ring (bicyclic) bond motifs is 1. The number of aromatic amines is 1. The van der Waals surface area contributed by atoms with E-state index < -0.39 is 0 Å². The van der Waals surface area contributed by atoms with E-state index in [1.165, 1.54) is 0 Å². The lowest BCUT2D eigenvalue weighted by atomic mass is 10.1. The Labute approximate surface area is 81.0 Å². The molecule has 0 saturated heterocycles. The molecule has 14 heavy (non-hydrogen) atoms. The molecule has 0 spiro atoms. The van der Waals surface area contributed by atoms with E-state index in [0.29, 0.717) is 11.1 Å². The van der Waals surface area contributed by atoms with E-state index in [-0.39, 0.29) is 11.3 Å². The minimum atomic E-state index is -0.236. The second kappa shape index (κ2) is 2.87. The fraction of sp³-hybridized carbons (Fsp3) is 0.182. The van der Waals surface area contributed by atoms with Crippen LogP contribution < -0.4 is 5.56 Å². The molecule has 0 saturated carbocycles. The lowest BCUT2D eigenvalue weighted by molar-refractivity contribution is 0.476. The van der Waals surface area contributed by atoms with Gasteiger partial charge in [-0.2, -0.15) is 0 Å². The largest absolute Gasteiger partial charge is 0.507 e. The average molecular weight is 189 g/mol. The number of hydrogen-bond acceptors (Lipinski definition) is 2. The Balaban J connectivity index is 3.07. The van der Waals surface area contributed by atoms with Gasteiger partial charge in [0.2, 0.25) is 0 Å². The number of aryl methyl sites for hydroxylation is 1. The molecule has 72 valence electrons. The maximum atomic E-state index is 11.3. The average Bonchev–Trinajstić information content (AvgIpc) is 2.14. The monoisotopic (exact) mass is 189 g/mol. The van der Waals surface area contributed by atoms with Crippen LogP contribution in [0.3, 0.4) is 0 Å². The highest BCUT2D eigenvalue weighted by atomic mass is 16.3. The Morgan fingerprint density at radius 2 is 2.00 bits per heavy atom. The third kappa shape index (κ3) is 1.09. The number of pyridine rings is 1. The first-order chi connectivity index (χ1) is 6.61. The van der Waals surface area contributed by atoms with Crippen molar-refractivity contribution in [2.75, 3.05) is 0 Å². The lowest BCUT2D eigenvalue weighted by Crippen LogP contribution is -2.09. The van der Waals surface area contributed by atoms with Gasteiger partial charge in [-0.15, -0.1) is 0 Å². The molecule has 2 aromatic rings. The van der Waals surface area contributed by atoms with E-state index in [1.54, 1.807) is 13.0 Å². The number of aromatic hydroxyl groups is 1. The molecule has 1 aromatic heterocycles. The zero-order valence-electron chi connectivity index (χ0n) is 8.09. The topological polar surface area (TPSA) is 53.1 Å². The van der Waals surface area contributed by atoms with Crippen molar-refractivity contribution < 1.29 is 5.11 Å². The van der Waals surface area contributed by atoms with Crippen molar-refractivity contribution in [3.63, 3.8) is 0 Å². The number of hydrogen-bond donors (Lipinski definition) is 2. The van der Waals surface area contributed by atoms with Crippen LogP contribution in [0.4, 0.5) is 0 Å². The van der Waals surface area contributed by atoms with Gasteiger partial charge in [-0.1, -0.05) is 12.1 Å². The van der Waals surface area contributed by atoms with Crippen LogP contribution in [0, 0.1) is 13.8 Å². The van der Waals surface area contributed by atoms with Crippen molar-refractivity contribution >= 4 is 10.9 Å². The minimum Gasteiger partial charge on any atom is -0.507 e. The van der Waals surface area contributed by atoms with Gasteiger partial charge in [-0.3, -0.25) is 4.79 Å². The van der Waals surface area contributed by atoms with Crippen molar-refractivity contribution in [3.8, 4) is 5.75 Å². The number of H-pyrrole nitrogens is 1. The first kappa shape index (κ1) is 8.81. The normalized spacial score (nSPS) is 10.7. The van der Waals surface area contributed by atoms with Crippen LogP contribution in [0.1, 0.15) is 11.1 Å². The Bertz CT molecular complexity index is 555. The Morgan fingerprint density at radius 3 is 2.71 bits per heavy atom. The summed E-state index contributed by atoms with van der Waals surface area (Å²) in [4.78, 5) is 14.1. The highest BCUT2D eigenvalue weighted by Gasteiger charge is 2.08. The van der Waals surface area contributed by atoms with Gasteiger partial charge in [-0.05, 0) is 25.5 Å². The Kier molecular flexibility index (Phi) is 1.81. The molecule has 0 fully saturated rings. The number of aromatic nitrogens is 1. The van der Waals surface area contributed by atoms with Crippen LogP contribution in [-0.2, 0) is 0 Å². The van der Waals surface area contributed by atoms with Crippen molar-refractivity contribution in [2.45, 2.75) is 13.8 Å². The molecule has 3 heteroatoms. The first-order valence-corrected chi connectivity index (χ1v) is 4.42. The van der Waals surface area contributed by atoms with Crippen LogP contribution in [0.15, 0.2) is 23.0 Å². The predicted molar refractivity (Wildman–Crippen MR) is 55.7 cm³/mol. The van der Waals surface area contributed by atoms with Gasteiger partial charge in [0.1, 0.15) is 5.75 Å². The Morgan fingerprint density at radius 1 is 1.29 bits per heavy atom. The van der Waals surface area contributed by atoms with Gasteiger partial charge >= 0.3 is 0 Å². The maximum Gasteiger partial charge on any atom is 0.255 e. The highest BCUT2D eigenvalue weighted by molar-refractivity contribution is 5.88.